The van der Waals surface area contributed by atoms with Gasteiger partial charge in [0.05, 0.1) is 23.1 Å². The third-order valence-electron chi connectivity index (χ3n) is 11.9. The van der Waals surface area contributed by atoms with Gasteiger partial charge in [-0.2, -0.15) is 0 Å². The summed E-state index contributed by atoms with van der Waals surface area (Å²) >= 11 is 0. The van der Waals surface area contributed by atoms with E-state index in [0.29, 0.717) is 38.5 Å². The summed E-state index contributed by atoms with van der Waals surface area (Å²) in [6.45, 7) is 15.5. The second-order valence-corrected chi connectivity index (χ2v) is 19.1. The Kier molecular flexibility index (Phi) is 14.5. The molecule has 0 spiro atoms. The highest BCUT2D eigenvalue weighted by Crippen LogP contribution is 2.42. The number of fused-ring (bicyclic) bond motifs is 1. The van der Waals surface area contributed by atoms with Crippen molar-refractivity contribution in [1.82, 2.24) is 26.2 Å². The second kappa shape index (κ2) is 18.3. The molecule has 1 aromatic rings. The maximum Gasteiger partial charge on any atom is 0.315 e. The summed E-state index contributed by atoms with van der Waals surface area (Å²) < 4.78 is 26.7. The summed E-state index contributed by atoms with van der Waals surface area (Å²) in [5.41, 5.74) is 0.507. The lowest BCUT2D eigenvalue weighted by atomic mass is 9.77. The van der Waals surface area contributed by atoms with Gasteiger partial charge in [0.2, 0.25) is 17.6 Å². The van der Waals surface area contributed by atoms with Crippen LogP contribution in [0, 0.1) is 23.2 Å². The highest BCUT2D eigenvalue weighted by Gasteiger charge is 2.54. The quantitative estimate of drug-likeness (QED) is 0.136. The maximum absolute atomic E-state index is 15.0. The molecule has 5 amide bonds. The Hall–Kier alpha value is -3.74. The SMILES string of the molecule is C=CCNC(=O)C(=O)C(CCC)NC(=O)C1N(C(=O)[C@@H](NC(=O)NC2(CS(=O)(=O)CCC(C)C)CCCCC2)C2Cc3ccccc3C2)CC(C)C1(C)C. The molecule has 2 fully saturated rings. The number of nitrogens with zero attached hydrogens (tertiary/aromatic N) is 1. The Morgan fingerprint density at radius 2 is 1.61 bits per heavy atom. The Bertz CT molecular complexity index is 1630. The van der Waals surface area contributed by atoms with Crippen molar-refractivity contribution in [3.05, 3.63) is 48.0 Å². The van der Waals surface area contributed by atoms with Crippen LogP contribution in [-0.2, 0) is 41.9 Å². The van der Waals surface area contributed by atoms with Crippen molar-refractivity contribution in [1.29, 1.82) is 0 Å². The van der Waals surface area contributed by atoms with Gasteiger partial charge in [0.1, 0.15) is 12.1 Å². The number of nitrogens with one attached hydrogen (secondary N) is 4. The summed E-state index contributed by atoms with van der Waals surface area (Å²) in [5.74, 6) is -2.85. The monoisotopic (exact) mass is 769 g/mol. The molecule has 0 radical (unpaired) electrons. The molecule has 3 aliphatic rings. The van der Waals surface area contributed by atoms with E-state index in [0.717, 1.165) is 30.4 Å². The van der Waals surface area contributed by atoms with Gasteiger partial charge in [0.15, 0.2) is 9.84 Å². The number of amides is 5. The molecule has 1 saturated heterocycles. The van der Waals surface area contributed by atoms with Gasteiger partial charge >= 0.3 is 6.03 Å². The molecule has 0 bridgehead atoms. The molecule has 13 heteroatoms. The molecule has 1 aliphatic heterocycles. The minimum absolute atomic E-state index is 0.0494. The Morgan fingerprint density at radius 1 is 0.981 bits per heavy atom. The van der Waals surface area contributed by atoms with E-state index in [1.165, 1.54) is 11.0 Å². The predicted octanol–water partition coefficient (Wildman–Crippen LogP) is 4.26. The number of carbonyl (C=O) groups is 5. The van der Waals surface area contributed by atoms with E-state index in [1.54, 1.807) is 0 Å². The standard InChI is InChI=1S/C41H63N5O7S/c1-8-15-32(34(47)36(48)42-21-9-2)43-37(49)35-40(6,7)28(5)25-46(35)38(50)33(31-23-29-16-11-12-17-30(29)24-31)44-39(51)45-41(19-13-10-14-20-41)26-54(52,53)22-18-27(3)4/h9,11-12,16-17,27-28,31-33,35H,2,8,10,13-15,18-26H2,1,3-7H3,(H,42,48)(H,43,49)(H2,44,45,51)/t28?,32?,33-,35?/m0/s1. The fraction of sp³-hybridized carbons (Fsp3) is 0.683. The van der Waals surface area contributed by atoms with Crippen molar-refractivity contribution in [2.45, 2.75) is 129 Å². The molecule has 4 atom stereocenters. The molecule has 2 aliphatic carbocycles. The van der Waals surface area contributed by atoms with Crippen molar-refractivity contribution in [2.24, 2.45) is 23.2 Å². The molecule has 1 saturated carbocycles. The fourth-order valence-corrected chi connectivity index (χ4v) is 10.6. The highest BCUT2D eigenvalue weighted by atomic mass is 32.2. The minimum Gasteiger partial charge on any atom is -0.346 e. The Morgan fingerprint density at radius 3 is 2.19 bits per heavy atom. The van der Waals surface area contributed by atoms with Crippen LogP contribution in [0.5, 0.6) is 0 Å². The Balaban J connectivity index is 1.63. The van der Waals surface area contributed by atoms with E-state index in [9.17, 15) is 32.4 Å². The lowest BCUT2D eigenvalue weighted by Gasteiger charge is -2.39. The lowest BCUT2D eigenvalue weighted by Crippen LogP contribution is -2.63. The molecular weight excluding hydrogens is 707 g/mol. The molecule has 0 aromatic heterocycles. The third kappa shape index (κ3) is 10.5. The normalized spacial score (nSPS) is 21.8. The van der Waals surface area contributed by atoms with Gasteiger partial charge in [-0.05, 0) is 72.8 Å². The summed E-state index contributed by atoms with van der Waals surface area (Å²) in [7, 11) is -3.47. The number of Topliss-reactive ketones (excluding diaryl/α,β-unsaturated/α-hetero) is 1. The molecule has 12 nitrogen and oxygen atoms in total. The number of sulfone groups is 1. The molecule has 3 unspecified atom stereocenters. The van der Waals surface area contributed by atoms with Crippen LogP contribution in [0.3, 0.4) is 0 Å². The first-order valence-corrected chi connectivity index (χ1v) is 21.7. The van der Waals surface area contributed by atoms with Crippen LogP contribution in [0.15, 0.2) is 36.9 Å². The first kappa shape index (κ1) is 43.0. The second-order valence-electron chi connectivity index (χ2n) is 17.0. The average Bonchev–Trinajstić information content (AvgIpc) is 3.65. The number of rotatable bonds is 17. The van der Waals surface area contributed by atoms with Crippen LogP contribution in [0.2, 0.25) is 0 Å². The predicted molar refractivity (Wildman–Crippen MR) is 210 cm³/mol. The number of likely N-dealkylation sites (tertiary alicyclic amines) is 1. The highest BCUT2D eigenvalue weighted by molar-refractivity contribution is 7.91. The van der Waals surface area contributed by atoms with Crippen molar-refractivity contribution < 1.29 is 32.4 Å². The average molecular weight is 770 g/mol. The fourth-order valence-electron chi connectivity index (χ4n) is 8.47. The van der Waals surface area contributed by atoms with E-state index < -0.39 is 68.5 Å². The zero-order valence-corrected chi connectivity index (χ0v) is 34.0. The van der Waals surface area contributed by atoms with Crippen LogP contribution < -0.4 is 21.3 Å². The van der Waals surface area contributed by atoms with E-state index in [1.807, 2.05) is 65.8 Å². The molecule has 1 aromatic carbocycles. The number of urea groups is 1. The summed E-state index contributed by atoms with van der Waals surface area (Å²) in [6, 6.07) is 4.23. The summed E-state index contributed by atoms with van der Waals surface area (Å²) in [6.07, 6.45) is 7.43. The number of hydrogen-bond donors (Lipinski definition) is 4. The number of benzene rings is 1. The molecule has 4 N–H and O–H groups in total. The third-order valence-corrected chi connectivity index (χ3v) is 13.8. The topological polar surface area (TPSA) is 171 Å². The minimum atomic E-state index is -3.47. The van der Waals surface area contributed by atoms with E-state index in [4.69, 9.17) is 0 Å². The van der Waals surface area contributed by atoms with Gasteiger partial charge in [-0.1, -0.05) is 97.6 Å². The van der Waals surface area contributed by atoms with Gasteiger partial charge in [-0.3, -0.25) is 19.2 Å². The summed E-state index contributed by atoms with van der Waals surface area (Å²) in [5, 5.41) is 11.4. The largest absolute Gasteiger partial charge is 0.346 e. The molecule has 1 heterocycles. The number of hydrogen-bond acceptors (Lipinski definition) is 7. The number of carbonyl (C=O) groups excluding carboxylic acids is 5. The molecule has 4 rings (SSSR count). The van der Waals surface area contributed by atoms with Crippen molar-refractivity contribution in [3.63, 3.8) is 0 Å². The van der Waals surface area contributed by atoms with Gasteiger partial charge in [0, 0.05) is 13.1 Å². The van der Waals surface area contributed by atoms with Gasteiger partial charge in [-0.25, -0.2) is 13.2 Å². The molecular formula is C41H63N5O7S. The van der Waals surface area contributed by atoms with Crippen LogP contribution in [0.25, 0.3) is 0 Å². The van der Waals surface area contributed by atoms with Crippen LogP contribution in [-0.4, -0.2) is 91.1 Å². The first-order valence-electron chi connectivity index (χ1n) is 19.8. The van der Waals surface area contributed by atoms with Crippen LogP contribution >= 0.6 is 0 Å². The zero-order valence-electron chi connectivity index (χ0n) is 33.2. The van der Waals surface area contributed by atoms with Gasteiger partial charge < -0.3 is 26.2 Å². The van der Waals surface area contributed by atoms with E-state index in [-0.39, 0.29) is 48.8 Å². The van der Waals surface area contributed by atoms with Crippen molar-refractivity contribution in [3.8, 4) is 0 Å². The van der Waals surface area contributed by atoms with Crippen LogP contribution in [0.4, 0.5) is 4.79 Å². The maximum atomic E-state index is 15.0. The van der Waals surface area contributed by atoms with E-state index >= 15 is 0 Å². The van der Waals surface area contributed by atoms with Gasteiger partial charge in [-0.15, -0.1) is 6.58 Å². The lowest BCUT2D eigenvalue weighted by molar-refractivity contribution is -0.145. The summed E-state index contributed by atoms with van der Waals surface area (Å²) in [4.78, 5) is 70.6. The van der Waals surface area contributed by atoms with Crippen LogP contribution in [0.1, 0.15) is 104 Å². The van der Waals surface area contributed by atoms with Crippen molar-refractivity contribution in [2.75, 3.05) is 24.6 Å². The molecule has 54 heavy (non-hydrogen) atoms. The first-order chi connectivity index (χ1) is 25.4. The smallest absolute Gasteiger partial charge is 0.315 e. The van der Waals surface area contributed by atoms with E-state index in [2.05, 4.69) is 27.8 Å². The molecule has 300 valence electrons. The van der Waals surface area contributed by atoms with Gasteiger partial charge in [0.25, 0.3) is 5.91 Å². The number of ketones is 1. The zero-order chi connectivity index (χ0) is 39.8. The van der Waals surface area contributed by atoms with Crippen molar-refractivity contribution >= 4 is 39.4 Å². The Labute approximate surface area is 322 Å².